The first-order valence-electron chi connectivity index (χ1n) is 4.04. The van der Waals surface area contributed by atoms with Crippen LogP contribution in [0.4, 0.5) is 11.1 Å². The third-order valence-corrected chi connectivity index (χ3v) is 2.33. The third kappa shape index (κ3) is 1.99. The molecule has 0 saturated carbocycles. The lowest BCUT2D eigenvalue weighted by atomic mass is 10.4. The molecule has 7 heteroatoms. The molecule has 0 spiro atoms. The maximum atomic E-state index is 5.38. The summed E-state index contributed by atoms with van der Waals surface area (Å²) in [7, 11) is 1.88. The van der Waals surface area contributed by atoms with Crippen molar-refractivity contribution < 1.29 is 0 Å². The second-order valence-corrected chi connectivity index (χ2v) is 3.59. The number of aromatic nitrogens is 4. The summed E-state index contributed by atoms with van der Waals surface area (Å²) in [6.45, 7) is 0.683. The van der Waals surface area contributed by atoms with Gasteiger partial charge in [0.25, 0.3) is 0 Å². The molecular formula is C7H10N6S. The molecule has 2 rings (SSSR count). The van der Waals surface area contributed by atoms with Crippen LogP contribution in [-0.4, -0.2) is 19.1 Å². The molecule has 2 heterocycles. The van der Waals surface area contributed by atoms with Gasteiger partial charge in [-0.15, -0.1) is 0 Å². The number of aryl methyl sites for hydroxylation is 1. The molecule has 6 nitrogen and oxygen atoms in total. The van der Waals surface area contributed by atoms with Crippen molar-refractivity contribution in [2.75, 3.05) is 11.1 Å². The van der Waals surface area contributed by atoms with Crippen LogP contribution in [0.15, 0.2) is 12.4 Å². The van der Waals surface area contributed by atoms with E-state index in [-0.39, 0.29) is 0 Å². The topological polar surface area (TPSA) is 81.7 Å². The van der Waals surface area contributed by atoms with E-state index in [1.165, 1.54) is 11.5 Å². The van der Waals surface area contributed by atoms with E-state index in [9.17, 15) is 0 Å². The number of nitrogen functional groups attached to an aromatic ring is 1. The molecule has 2 aromatic heterocycles. The molecule has 0 aliphatic heterocycles. The number of nitrogens with one attached hydrogen (secondary N) is 1. The summed E-state index contributed by atoms with van der Waals surface area (Å²) in [5.41, 5.74) is 6.48. The van der Waals surface area contributed by atoms with E-state index in [2.05, 4.69) is 19.8 Å². The van der Waals surface area contributed by atoms with Gasteiger partial charge in [-0.3, -0.25) is 4.68 Å². The summed E-state index contributed by atoms with van der Waals surface area (Å²) in [4.78, 5) is 3.98. The fourth-order valence-corrected chi connectivity index (χ4v) is 1.54. The Bertz CT molecular complexity index is 379. The predicted octanol–water partition coefficient (Wildman–Crippen LogP) is 0.466. The van der Waals surface area contributed by atoms with Crippen molar-refractivity contribution in [2.45, 2.75) is 6.54 Å². The van der Waals surface area contributed by atoms with E-state index >= 15 is 0 Å². The third-order valence-electron chi connectivity index (χ3n) is 1.64. The van der Waals surface area contributed by atoms with E-state index in [4.69, 9.17) is 5.73 Å². The van der Waals surface area contributed by atoms with Crippen molar-refractivity contribution in [3.8, 4) is 0 Å². The quantitative estimate of drug-likeness (QED) is 0.769. The zero-order valence-corrected chi connectivity index (χ0v) is 8.45. The highest BCUT2D eigenvalue weighted by Gasteiger charge is 2.00. The smallest absolute Gasteiger partial charge is 0.233 e. The normalized spacial score (nSPS) is 10.4. The molecule has 0 radical (unpaired) electrons. The second-order valence-electron chi connectivity index (χ2n) is 2.83. The average Bonchev–Trinajstić information content (AvgIpc) is 2.72. The largest absolute Gasteiger partial charge is 0.367 e. The second kappa shape index (κ2) is 3.62. The number of hydrogen-bond acceptors (Lipinski definition) is 6. The van der Waals surface area contributed by atoms with Crippen LogP contribution in [-0.2, 0) is 13.6 Å². The van der Waals surface area contributed by atoms with E-state index < -0.39 is 0 Å². The minimum atomic E-state index is 0.309. The fourth-order valence-electron chi connectivity index (χ4n) is 1.05. The summed E-state index contributed by atoms with van der Waals surface area (Å²) in [5.74, 6) is 0.309. The highest BCUT2D eigenvalue weighted by Crippen LogP contribution is 2.12. The Hall–Kier alpha value is -1.63. The molecule has 74 valence electrons. The first-order valence-corrected chi connectivity index (χ1v) is 4.82. The van der Waals surface area contributed by atoms with E-state index in [0.717, 1.165) is 10.7 Å². The van der Waals surface area contributed by atoms with Crippen LogP contribution >= 0.6 is 11.5 Å². The highest BCUT2D eigenvalue weighted by molar-refractivity contribution is 7.09. The summed E-state index contributed by atoms with van der Waals surface area (Å²) < 4.78 is 5.61. The van der Waals surface area contributed by atoms with Crippen LogP contribution in [0.2, 0.25) is 0 Å². The molecular weight excluding hydrogens is 200 g/mol. The van der Waals surface area contributed by atoms with Crippen LogP contribution in [0.5, 0.6) is 0 Å². The molecule has 0 aliphatic rings. The Labute approximate surface area is 84.9 Å². The monoisotopic (exact) mass is 210 g/mol. The van der Waals surface area contributed by atoms with Gasteiger partial charge in [0.1, 0.15) is 0 Å². The Kier molecular flexibility index (Phi) is 2.32. The van der Waals surface area contributed by atoms with Crippen LogP contribution < -0.4 is 11.1 Å². The minimum Gasteiger partial charge on any atom is -0.367 e. The van der Waals surface area contributed by atoms with Crippen LogP contribution in [0.3, 0.4) is 0 Å². The molecule has 0 aliphatic carbocycles. The van der Waals surface area contributed by atoms with Crippen molar-refractivity contribution in [1.82, 2.24) is 19.1 Å². The van der Waals surface area contributed by atoms with Gasteiger partial charge < -0.3 is 11.1 Å². The number of rotatable bonds is 3. The zero-order valence-electron chi connectivity index (χ0n) is 7.64. The summed E-state index contributed by atoms with van der Waals surface area (Å²) >= 11 is 1.25. The molecule has 0 fully saturated rings. The van der Waals surface area contributed by atoms with Crippen molar-refractivity contribution >= 4 is 22.6 Å². The van der Waals surface area contributed by atoms with Crippen molar-refractivity contribution in [2.24, 2.45) is 7.05 Å². The van der Waals surface area contributed by atoms with Gasteiger partial charge in [0, 0.05) is 36.9 Å². The average molecular weight is 210 g/mol. The van der Waals surface area contributed by atoms with Gasteiger partial charge in [-0.1, -0.05) is 0 Å². The standard InChI is InChI=1S/C7H10N6S/c1-13-4-5(3-10-13)2-9-7-11-6(8)12-14-7/h3-4H,2H2,1H3,(H3,8,9,11,12). The lowest BCUT2D eigenvalue weighted by Gasteiger charge is -1.96. The Morgan fingerprint density at radius 1 is 1.64 bits per heavy atom. The molecule has 2 aromatic rings. The SMILES string of the molecule is Cn1cc(CNc2nc(N)ns2)cn1. The first-order chi connectivity index (χ1) is 6.74. The van der Waals surface area contributed by atoms with Gasteiger partial charge in [0.2, 0.25) is 11.1 Å². The number of hydrogen-bond donors (Lipinski definition) is 2. The Balaban J connectivity index is 1.94. The molecule has 0 saturated heterocycles. The van der Waals surface area contributed by atoms with Crippen molar-refractivity contribution in [3.63, 3.8) is 0 Å². The highest BCUT2D eigenvalue weighted by atomic mass is 32.1. The Morgan fingerprint density at radius 3 is 3.07 bits per heavy atom. The molecule has 3 N–H and O–H groups in total. The van der Waals surface area contributed by atoms with E-state index in [1.807, 2.05) is 13.2 Å². The molecule has 0 amide bonds. The van der Waals surface area contributed by atoms with Crippen LogP contribution in [0.25, 0.3) is 0 Å². The number of nitrogens with two attached hydrogens (primary N) is 1. The number of anilines is 2. The van der Waals surface area contributed by atoms with Crippen LogP contribution in [0, 0.1) is 0 Å². The fraction of sp³-hybridized carbons (Fsp3) is 0.286. The molecule has 0 unspecified atom stereocenters. The minimum absolute atomic E-state index is 0.309. The first kappa shape index (κ1) is 8.95. The zero-order chi connectivity index (χ0) is 9.97. The molecule has 0 bridgehead atoms. The van der Waals surface area contributed by atoms with Gasteiger partial charge in [0.15, 0.2) is 0 Å². The molecule has 0 aromatic carbocycles. The molecule has 0 atom stereocenters. The van der Waals surface area contributed by atoms with E-state index in [0.29, 0.717) is 12.5 Å². The van der Waals surface area contributed by atoms with Gasteiger partial charge >= 0.3 is 0 Å². The summed E-state index contributed by atoms with van der Waals surface area (Å²) in [5, 5.41) is 7.89. The van der Waals surface area contributed by atoms with Crippen LogP contribution in [0.1, 0.15) is 5.56 Å². The Morgan fingerprint density at radius 2 is 2.50 bits per heavy atom. The van der Waals surface area contributed by atoms with Gasteiger partial charge in [0.05, 0.1) is 6.20 Å². The van der Waals surface area contributed by atoms with Gasteiger partial charge in [-0.2, -0.15) is 14.5 Å². The van der Waals surface area contributed by atoms with Gasteiger partial charge in [-0.25, -0.2) is 0 Å². The summed E-state index contributed by atoms with van der Waals surface area (Å²) in [6, 6.07) is 0. The summed E-state index contributed by atoms with van der Waals surface area (Å²) in [6.07, 6.45) is 3.74. The van der Waals surface area contributed by atoms with Crippen molar-refractivity contribution in [3.05, 3.63) is 18.0 Å². The maximum absolute atomic E-state index is 5.38. The predicted molar refractivity (Wildman–Crippen MR) is 54.9 cm³/mol. The van der Waals surface area contributed by atoms with Crippen molar-refractivity contribution in [1.29, 1.82) is 0 Å². The maximum Gasteiger partial charge on any atom is 0.233 e. The number of nitrogens with zero attached hydrogens (tertiary/aromatic N) is 4. The lowest BCUT2D eigenvalue weighted by molar-refractivity contribution is 0.767. The lowest BCUT2D eigenvalue weighted by Crippen LogP contribution is -1.98. The van der Waals surface area contributed by atoms with E-state index in [1.54, 1.807) is 10.9 Å². The van der Waals surface area contributed by atoms with Gasteiger partial charge in [-0.05, 0) is 0 Å². The molecule has 14 heavy (non-hydrogen) atoms.